The van der Waals surface area contributed by atoms with Crippen LogP contribution in [-0.4, -0.2) is 18.5 Å². The maximum absolute atomic E-state index is 11.2. The summed E-state index contributed by atoms with van der Waals surface area (Å²) < 4.78 is 33.5. The maximum atomic E-state index is 11.2. The van der Waals surface area contributed by atoms with Crippen LogP contribution >= 0.6 is 0 Å². The van der Waals surface area contributed by atoms with Crippen molar-refractivity contribution in [2.45, 2.75) is 6.18 Å². The number of carbonyl (C=O) groups is 1. The summed E-state index contributed by atoms with van der Waals surface area (Å²) >= 11 is 0. The maximum Gasteiger partial charge on any atom is 0.493 e. The van der Waals surface area contributed by atoms with E-state index in [0.29, 0.717) is 6.34 Å². The van der Waals surface area contributed by atoms with Gasteiger partial charge in [-0.15, -0.1) is 0 Å². The Bertz CT molecular complexity index is 152. The molecule has 0 bridgehead atoms. The first-order valence-corrected chi connectivity index (χ1v) is 2.00. The third-order valence-corrected chi connectivity index (χ3v) is 0.428. The first-order chi connectivity index (χ1) is 4.48. The van der Waals surface area contributed by atoms with Crippen LogP contribution in [0.15, 0.2) is 5.16 Å². The highest BCUT2D eigenvalue weighted by Crippen LogP contribution is 2.16. The standard InChI is InChI=1S/C3H3F3N2O2/c4-3(5,6)2(9)10-8-1-7/h1H,(H2,7,8). The Kier molecular flexibility index (Phi) is 2.65. The Morgan fingerprint density at radius 2 is 2.10 bits per heavy atom. The highest BCUT2D eigenvalue weighted by atomic mass is 19.4. The number of halogens is 3. The van der Waals surface area contributed by atoms with Gasteiger partial charge in [0, 0.05) is 0 Å². The predicted octanol–water partition coefficient (Wildman–Crippen LogP) is -0.00610. The van der Waals surface area contributed by atoms with E-state index in [0.717, 1.165) is 0 Å². The molecule has 0 amide bonds. The van der Waals surface area contributed by atoms with Gasteiger partial charge in [0.15, 0.2) is 0 Å². The molecule has 0 aliphatic rings. The van der Waals surface area contributed by atoms with Crippen LogP contribution in [0.3, 0.4) is 0 Å². The normalized spacial score (nSPS) is 11.9. The highest BCUT2D eigenvalue weighted by Gasteiger charge is 2.41. The van der Waals surface area contributed by atoms with Gasteiger partial charge in [-0.2, -0.15) is 13.2 Å². The van der Waals surface area contributed by atoms with Crippen LogP contribution in [0.5, 0.6) is 0 Å². The van der Waals surface area contributed by atoms with Crippen molar-refractivity contribution in [2.24, 2.45) is 10.9 Å². The lowest BCUT2D eigenvalue weighted by molar-refractivity contribution is -0.199. The third kappa shape index (κ3) is 2.90. The predicted molar refractivity (Wildman–Crippen MR) is 24.8 cm³/mol. The minimum Gasteiger partial charge on any atom is -0.387 e. The summed E-state index contributed by atoms with van der Waals surface area (Å²) in [5, 5.41) is 2.42. The molecule has 58 valence electrons. The smallest absolute Gasteiger partial charge is 0.387 e. The van der Waals surface area contributed by atoms with Gasteiger partial charge in [-0.3, -0.25) is 0 Å². The molecule has 0 saturated heterocycles. The van der Waals surface area contributed by atoms with Crippen molar-refractivity contribution < 1.29 is 22.8 Å². The number of hydrogen-bond donors (Lipinski definition) is 1. The summed E-state index contributed by atoms with van der Waals surface area (Å²) in [6, 6.07) is 0. The molecule has 2 N–H and O–H groups in total. The van der Waals surface area contributed by atoms with Gasteiger partial charge in [0.1, 0.15) is 6.34 Å². The summed E-state index contributed by atoms with van der Waals surface area (Å²) in [7, 11) is 0. The van der Waals surface area contributed by atoms with Crippen molar-refractivity contribution in [1.29, 1.82) is 0 Å². The molecule has 7 heteroatoms. The molecule has 0 rings (SSSR count). The zero-order valence-electron chi connectivity index (χ0n) is 4.55. The topological polar surface area (TPSA) is 64.7 Å². The molecule has 0 aliphatic carbocycles. The summed E-state index contributed by atoms with van der Waals surface area (Å²) in [5.41, 5.74) is 4.48. The zero-order valence-corrected chi connectivity index (χ0v) is 4.55. The van der Waals surface area contributed by atoms with Gasteiger partial charge in [0.2, 0.25) is 0 Å². The third-order valence-electron chi connectivity index (χ3n) is 0.428. The van der Waals surface area contributed by atoms with Gasteiger partial charge < -0.3 is 10.6 Å². The van der Waals surface area contributed by atoms with E-state index in [9.17, 15) is 18.0 Å². The molecule has 0 atom stereocenters. The lowest BCUT2D eigenvalue weighted by atomic mass is 10.7. The van der Waals surface area contributed by atoms with E-state index >= 15 is 0 Å². The molecule has 0 aromatic rings. The number of hydrogen-bond acceptors (Lipinski definition) is 3. The molecule has 0 aromatic heterocycles. The Labute approximate surface area is 53.4 Å². The molecule has 0 unspecified atom stereocenters. The Hall–Kier alpha value is -1.27. The van der Waals surface area contributed by atoms with Gasteiger partial charge in [-0.1, -0.05) is 5.16 Å². The molecule has 0 heterocycles. The van der Waals surface area contributed by atoms with Crippen LogP contribution < -0.4 is 5.73 Å². The fourth-order valence-corrected chi connectivity index (χ4v) is 0.130. The lowest BCUT2D eigenvalue weighted by Crippen LogP contribution is -2.23. The van der Waals surface area contributed by atoms with E-state index in [1.807, 2.05) is 0 Å². The largest absolute Gasteiger partial charge is 0.493 e. The summed E-state index contributed by atoms with van der Waals surface area (Å²) in [4.78, 5) is 12.9. The van der Waals surface area contributed by atoms with E-state index < -0.39 is 12.1 Å². The average Bonchev–Trinajstić information content (AvgIpc) is 1.80. The van der Waals surface area contributed by atoms with Gasteiger partial charge in [-0.05, 0) is 0 Å². The zero-order chi connectivity index (χ0) is 8.20. The van der Waals surface area contributed by atoms with Crippen molar-refractivity contribution in [3.05, 3.63) is 0 Å². The average molecular weight is 156 g/mol. The molecular formula is C3H3F3N2O2. The summed E-state index contributed by atoms with van der Waals surface area (Å²) in [6.45, 7) is 0. The van der Waals surface area contributed by atoms with Crippen molar-refractivity contribution in [1.82, 2.24) is 0 Å². The SMILES string of the molecule is N/C=N\OC(=O)C(F)(F)F. The number of nitrogens with two attached hydrogens (primary N) is 1. The van der Waals surface area contributed by atoms with Crippen LogP contribution in [0, 0.1) is 0 Å². The summed E-state index contributed by atoms with van der Waals surface area (Å²) in [5.74, 6) is -2.39. The Morgan fingerprint density at radius 1 is 1.60 bits per heavy atom. The van der Waals surface area contributed by atoms with E-state index in [4.69, 9.17) is 0 Å². The number of nitrogens with zero attached hydrogens (tertiary/aromatic N) is 1. The molecule has 0 fully saturated rings. The fraction of sp³-hybridized carbons (Fsp3) is 0.333. The van der Waals surface area contributed by atoms with E-state index in [-0.39, 0.29) is 0 Å². The van der Waals surface area contributed by atoms with Crippen LogP contribution in [0.25, 0.3) is 0 Å². The number of oxime groups is 1. The molecule has 0 aromatic carbocycles. The number of alkyl halides is 3. The van der Waals surface area contributed by atoms with Crippen molar-refractivity contribution in [2.75, 3.05) is 0 Å². The monoisotopic (exact) mass is 156 g/mol. The van der Waals surface area contributed by atoms with Crippen LogP contribution in [-0.2, 0) is 9.63 Å². The molecular weight excluding hydrogens is 153 g/mol. The van der Waals surface area contributed by atoms with Gasteiger partial charge in [0.25, 0.3) is 0 Å². The second-order valence-corrected chi connectivity index (χ2v) is 1.13. The molecule has 0 radical (unpaired) electrons. The highest BCUT2D eigenvalue weighted by molar-refractivity contribution is 5.75. The second-order valence-electron chi connectivity index (χ2n) is 1.13. The van der Waals surface area contributed by atoms with E-state index in [1.54, 1.807) is 0 Å². The number of carbonyl (C=O) groups excluding carboxylic acids is 1. The first-order valence-electron chi connectivity index (χ1n) is 2.00. The van der Waals surface area contributed by atoms with Crippen LogP contribution in [0.2, 0.25) is 0 Å². The Morgan fingerprint density at radius 3 is 2.40 bits per heavy atom. The first kappa shape index (κ1) is 8.73. The van der Waals surface area contributed by atoms with Crippen molar-refractivity contribution in [3.63, 3.8) is 0 Å². The quantitative estimate of drug-likeness (QED) is 0.251. The fourth-order valence-electron chi connectivity index (χ4n) is 0.130. The van der Waals surface area contributed by atoms with Crippen molar-refractivity contribution >= 4 is 12.3 Å². The number of rotatable bonds is 1. The molecule has 0 saturated carbocycles. The minimum absolute atomic E-state index is 0.434. The van der Waals surface area contributed by atoms with Crippen LogP contribution in [0.4, 0.5) is 13.2 Å². The van der Waals surface area contributed by atoms with E-state index in [1.165, 1.54) is 0 Å². The molecule has 10 heavy (non-hydrogen) atoms. The minimum atomic E-state index is -5.02. The molecule has 0 spiro atoms. The second kappa shape index (κ2) is 3.04. The molecule has 4 nitrogen and oxygen atoms in total. The van der Waals surface area contributed by atoms with Gasteiger partial charge >= 0.3 is 12.1 Å². The van der Waals surface area contributed by atoms with Gasteiger partial charge in [0.05, 0.1) is 0 Å². The lowest BCUT2D eigenvalue weighted by Gasteiger charge is -1.99. The van der Waals surface area contributed by atoms with E-state index in [2.05, 4.69) is 15.7 Å². The van der Waals surface area contributed by atoms with Crippen molar-refractivity contribution in [3.8, 4) is 0 Å². The van der Waals surface area contributed by atoms with Gasteiger partial charge in [-0.25, -0.2) is 4.79 Å². The van der Waals surface area contributed by atoms with Crippen LogP contribution in [0.1, 0.15) is 0 Å². The summed E-state index contributed by atoms with van der Waals surface area (Å²) in [6.07, 6.45) is -4.59. The Balaban J connectivity index is 3.86. The molecule has 0 aliphatic heterocycles.